The number of amides is 1. The van der Waals surface area contributed by atoms with Crippen LogP contribution >= 0.6 is 0 Å². The van der Waals surface area contributed by atoms with Crippen molar-refractivity contribution in [1.29, 1.82) is 0 Å². The number of carbonyl (C=O) groups is 1. The van der Waals surface area contributed by atoms with Crippen LogP contribution in [0.2, 0.25) is 0 Å². The van der Waals surface area contributed by atoms with E-state index < -0.39 is 0 Å². The zero-order valence-corrected chi connectivity index (χ0v) is 8.37. The number of nitrogens with two attached hydrogens (primary N) is 1. The van der Waals surface area contributed by atoms with E-state index in [9.17, 15) is 4.79 Å². The summed E-state index contributed by atoms with van der Waals surface area (Å²) in [6.07, 6.45) is 0.308. The number of hydrogen-bond donors (Lipinski definition) is 2. The largest absolute Gasteiger partial charge is 0.330 e. The minimum absolute atomic E-state index is 0.120. The van der Waals surface area contributed by atoms with Crippen LogP contribution in [-0.2, 0) is 4.79 Å². The Morgan fingerprint density at radius 1 is 1.50 bits per heavy atom. The van der Waals surface area contributed by atoms with Gasteiger partial charge in [-0.1, -0.05) is 0 Å². The Labute approximate surface area is 82.7 Å². The Hall–Kier alpha value is -1.49. The van der Waals surface area contributed by atoms with E-state index in [1.165, 1.54) is 0 Å². The molecule has 0 aliphatic carbocycles. The molecule has 0 aromatic carbocycles. The second kappa shape index (κ2) is 4.66. The van der Waals surface area contributed by atoms with Crippen LogP contribution in [0.5, 0.6) is 0 Å². The van der Waals surface area contributed by atoms with Gasteiger partial charge in [-0.3, -0.25) is 4.79 Å². The highest BCUT2D eigenvalue weighted by atomic mass is 16.1. The Balaban J connectivity index is 2.71. The van der Waals surface area contributed by atoms with Crippen molar-refractivity contribution in [3.63, 3.8) is 0 Å². The number of aromatic nitrogens is 2. The third kappa shape index (κ3) is 3.10. The second-order valence-corrected chi connectivity index (χ2v) is 3.03. The van der Waals surface area contributed by atoms with Gasteiger partial charge in [0.05, 0.1) is 0 Å². The van der Waals surface area contributed by atoms with Gasteiger partial charge in [0, 0.05) is 24.7 Å². The molecule has 0 radical (unpaired) electrons. The molecule has 76 valence electrons. The molecule has 1 amide bonds. The summed E-state index contributed by atoms with van der Waals surface area (Å²) in [5, 5.41) is 2.65. The summed E-state index contributed by atoms with van der Waals surface area (Å²) >= 11 is 0. The lowest BCUT2D eigenvalue weighted by atomic mass is 10.3. The van der Waals surface area contributed by atoms with Gasteiger partial charge in [0.1, 0.15) is 11.6 Å². The van der Waals surface area contributed by atoms with Crippen LogP contribution < -0.4 is 11.1 Å². The average molecular weight is 194 g/mol. The van der Waals surface area contributed by atoms with E-state index in [0.717, 1.165) is 5.69 Å². The first-order chi connectivity index (χ1) is 6.61. The summed E-state index contributed by atoms with van der Waals surface area (Å²) < 4.78 is 0. The summed E-state index contributed by atoms with van der Waals surface area (Å²) in [6.45, 7) is 3.98. The number of nitrogens with zero attached hydrogens (tertiary/aromatic N) is 2. The minimum atomic E-state index is -0.120. The summed E-state index contributed by atoms with van der Waals surface area (Å²) in [6, 6.07) is 1.72. The zero-order valence-electron chi connectivity index (χ0n) is 8.37. The SMILES string of the molecule is Cc1cc(NC(=O)CCN)nc(C)n1. The third-order valence-electron chi connectivity index (χ3n) is 1.60. The maximum Gasteiger partial charge on any atom is 0.226 e. The monoisotopic (exact) mass is 194 g/mol. The topological polar surface area (TPSA) is 80.9 Å². The number of nitrogens with one attached hydrogen (secondary N) is 1. The van der Waals surface area contributed by atoms with Gasteiger partial charge in [0.25, 0.3) is 0 Å². The summed E-state index contributed by atoms with van der Waals surface area (Å²) in [7, 11) is 0. The molecule has 0 saturated carbocycles. The van der Waals surface area contributed by atoms with Gasteiger partial charge in [-0.15, -0.1) is 0 Å². The second-order valence-electron chi connectivity index (χ2n) is 3.03. The highest BCUT2D eigenvalue weighted by molar-refractivity contribution is 5.89. The standard InChI is InChI=1S/C9H14N4O/c1-6-5-8(12-7(2)11-6)13-9(14)3-4-10/h5H,3-4,10H2,1-2H3,(H,11,12,13,14). The van der Waals surface area contributed by atoms with Gasteiger partial charge in [-0.2, -0.15) is 0 Å². The Morgan fingerprint density at radius 3 is 2.79 bits per heavy atom. The van der Waals surface area contributed by atoms with Gasteiger partial charge in [-0.05, 0) is 13.8 Å². The number of carbonyl (C=O) groups excluding carboxylic acids is 1. The fraction of sp³-hybridized carbons (Fsp3) is 0.444. The molecule has 0 fully saturated rings. The molecule has 1 aromatic rings. The van der Waals surface area contributed by atoms with Crippen molar-refractivity contribution >= 4 is 11.7 Å². The first kappa shape index (κ1) is 10.6. The average Bonchev–Trinajstić information content (AvgIpc) is 2.01. The maximum absolute atomic E-state index is 11.2. The van der Waals surface area contributed by atoms with Crippen LogP contribution in [0.3, 0.4) is 0 Å². The molecule has 0 spiro atoms. The van der Waals surface area contributed by atoms with E-state index in [4.69, 9.17) is 5.73 Å². The van der Waals surface area contributed by atoms with Gasteiger partial charge in [0.2, 0.25) is 5.91 Å². The van der Waals surface area contributed by atoms with Crippen LogP contribution in [0.4, 0.5) is 5.82 Å². The highest BCUT2D eigenvalue weighted by Gasteiger charge is 2.03. The molecule has 0 saturated heterocycles. The molecule has 3 N–H and O–H groups in total. The fourth-order valence-electron chi connectivity index (χ4n) is 1.12. The zero-order chi connectivity index (χ0) is 10.6. The van der Waals surface area contributed by atoms with Gasteiger partial charge in [-0.25, -0.2) is 9.97 Å². The molecule has 0 aliphatic heterocycles. The Bertz CT molecular complexity index is 317. The highest BCUT2D eigenvalue weighted by Crippen LogP contribution is 2.05. The Kier molecular flexibility index (Phi) is 3.53. The molecule has 1 aromatic heterocycles. The predicted molar refractivity (Wildman–Crippen MR) is 53.8 cm³/mol. The molecule has 5 heteroatoms. The number of rotatable bonds is 3. The van der Waals surface area contributed by atoms with Crippen molar-refractivity contribution < 1.29 is 4.79 Å². The summed E-state index contributed by atoms with van der Waals surface area (Å²) in [5.74, 6) is 1.06. The molecule has 0 bridgehead atoms. The van der Waals surface area contributed by atoms with Crippen LogP contribution in [-0.4, -0.2) is 22.4 Å². The fourth-order valence-corrected chi connectivity index (χ4v) is 1.12. The van der Waals surface area contributed by atoms with Crippen molar-refractivity contribution in [2.75, 3.05) is 11.9 Å². The molecule has 0 atom stereocenters. The molecule has 5 nitrogen and oxygen atoms in total. The normalized spacial score (nSPS) is 9.93. The van der Waals surface area contributed by atoms with Crippen LogP contribution in [0.1, 0.15) is 17.9 Å². The van der Waals surface area contributed by atoms with Gasteiger partial charge < -0.3 is 11.1 Å². The van der Waals surface area contributed by atoms with Crippen LogP contribution in [0.15, 0.2) is 6.07 Å². The lowest BCUT2D eigenvalue weighted by molar-refractivity contribution is -0.116. The van der Waals surface area contributed by atoms with Crippen molar-refractivity contribution in [2.24, 2.45) is 5.73 Å². The molecule has 1 heterocycles. The summed E-state index contributed by atoms with van der Waals surface area (Å²) in [5.41, 5.74) is 6.08. The summed E-state index contributed by atoms with van der Waals surface area (Å²) in [4.78, 5) is 19.4. The van der Waals surface area contributed by atoms with Crippen molar-refractivity contribution in [3.05, 3.63) is 17.6 Å². The molecular formula is C9H14N4O. The van der Waals surface area contributed by atoms with E-state index in [-0.39, 0.29) is 5.91 Å². The van der Waals surface area contributed by atoms with E-state index in [1.54, 1.807) is 13.0 Å². The van der Waals surface area contributed by atoms with Crippen LogP contribution in [0.25, 0.3) is 0 Å². The predicted octanol–water partition coefficient (Wildman–Crippen LogP) is 0.381. The van der Waals surface area contributed by atoms with E-state index >= 15 is 0 Å². The minimum Gasteiger partial charge on any atom is -0.330 e. The van der Waals surface area contributed by atoms with Crippen LogP contribution in [0, 0.1) is 13.8 Å². The Morgan fingerprint density at radius 2 is 2.21 bits per heavy atom. The molecule has 0 unspecified atom stereocenters. The van der Waals surface area contributed by atoms with E-state index in [0.29, 0.717) is 24.6 Å². The number of hydrogen-bond acceptors (Lipinski definition) is 4. The first-order valence-corrected chi connectivity index (χ1v) is 4.44. The number of anilines is 1. The first-order valence-electron chi connectivity index (χ1n) is 4.44. The number of aryl methyl sites for hydroxylation is 2. The van der Waals surface area contributed by atoms with Crippen molar-refractivity contribution in [2.45, 2.75) is 20.3 Å². The molecule has 14 heavy (non-hydrogen) atoms. The van der Waals surface area contributed by atoms with E-state index in [1.807, 2.05) is 6.92 Å². The molecule has 1 rings (SSSR count). The molecule has 0 aliphatic rings. The van der Waals surface area contributed by atoms with Crippen molar-refractivity contribution in [1.82, 2.24) is 9.97 Å². The van der Waals surface area contributed by atoms with Gasteiger partial charge >= 0.3 is 0 Å². The quantitative estimate of drug-likeness (QED) is 0.729. The smallest absolute Gasteiger partial charge is 0.226 e. The molecular weight excluding hydrogens is 180 g/mol. The van der Waals surface area contributed by atoms with Gasteiger partial charge in [0.15, 0.2) is 0 Å². The van der Waals surface area contributed by atoms with E-state index in [2.05, 4.69) is 15.3 Å². The van der Waals surface area contributed by atoms with Crippen molar-refractivity contribution in [3.8, 4) is 0 Å². The maximum atomic E-state index is 11.2. The lowest BCUT2D eigenvalue weighted by Gasteiger charge is -2.04. The third-order valence-corrected chi connectivity index (χ3v) is 1.60. The lowest BCUT2D eigenvalue weighted by Crippen LogP contribution is -2.17.